The van der Waals surface area contributed by atoms with E-state index >= 15 is 0 Å². The molecule has 0 aliphatic carbocycles. The van der Waals surface area contributed by atoms with E-state index in [9.17, 15) is 0 Å². The van der Waals surface area contributed by atoms with Crippen LogP contribution in [0.3, 0.4) is 0 Å². The SMILES string of the molecule is C=C(C)CCCCCCC(C)C(C)C(C)C. The molecule has 0 aliphatic rings. The van der Waals surface area contributed by atoms with Crippen LogP contribution in [0.4, 0.5) is 0 Å². The van der Waals surface area contributed by atoms with Crippen molar-refractivity contribution in [3.05, 3.63) is 12.2 Å². The summed E-state index contributed by atoms with van der Waals surface area (Å²) >= 11 is 0. The summed E-state index contributed by atoms with van der Waals surface area (Å²) in [7, 11) is 0. The molecule has 0 amide bonds. The van der Waals surface area contributed by atoms with Gasteiger partial charge in [-0.1, -0.05) is 59.0 Å². The molecule has 0 nitrogen and oxygen atoms in total. The first-order valence-electron chi connectivity index (χ1n) is 7.09. The zero-order chi connectivity index (χ0) is 12.6. The van der Waals surface area contributed by atoms with E-state index in [-0.39, 0.29) is 0 Å². The third-order valence-electron chi connectivity index (χ3n) is 3.96. The Labute approximate surface area is 104 Å². The maximum absolute atomic E-state index is 3.94. The molecule has 16 heavy (non-hydrogen) atoms. The predicted octanol–water partition coefficient (Wildman–Crippen LogP) is 5.83. The van der Waals surface area contributed by atoms with Gasteiger partial charge in [0.25, 0.3) is 0 Å². The molecule has 0 spiro atoms. The fourth-order valence-corrected chi connectivity index (χ4v) is 2.17. The second-order valence-corrected chi connectivity index (χ2v) is 5.99. The lowest BCUT2D eigenvalue weighted by atomic mass is 9.83. The summed E-state index contributed by atoms with van der Waals surface area (Å²) in [5.74, 6) is 2.59. The smallest absolute Gasteiger partial charge is 0.0326 e. The maximum Gasteiger partial charge on any atom is -0.0326 e. The molecular formula is C16H32. The average molecular weight is 224 g/mol. The zero-order valence-electron chi connectivity index (χ0n) is 12.2. The van der Waals surface area contributed by atoms with Crippen LogP contribution in [-0.2, 0) is 0 Å². The van der Waals surface area contributed by atoms with Gasteiger partial charge in [-0.15, -0.1) is 6.58 Å². The van der Waals surface area contributed by atoms with Crippen molar-refractivity contribution in [3.8, 4) is 0 Å². The molecule has 0 rings (SSSR count). The zero-order valence-corrected chi connectivity index (χ0v) is 12.2. The molecule has 0 aromatic rings. The quantitative estimate of drug-likeness (QED) is 0.341. The van der Waals surface area contributed by atoms with Crippen molar-refractivity contribution in [1.82, 2.24) is 0 Å². The van der Waals surface area contributed by atoms with E-state index < -0.39 is 0 Å². The molecule has 0 N–H and O–H groups in total. The summed E-state index contributed by atoms with van der Waals surface area (Å²) < 4.78 is 0. The molecule has 0 radical (unpaired) electrons. The molecule has 0 fully saturated rings. The maximum atomic E-state index is 3.94. The molecule has 0 aromatic heterocycles. The molecular weight excluding hydrogens is 192 g/mol. The van der Waals surface area contributed by atoms with Crippen LogP contribution >= 0.6 is 0 Å². The topological polar surface area (TPSA) is 0 Å². The Bertz CT molecular complexity index is 178. The van der Waals surface area contributed by atoms with Gasteiger partial charge in [-0.3, -0.25) is 0 Å². The third kappa shape index (κ3) is 7.96. The van der Waals surface area contributed by atoms with Crippen LogP contribution in [0.15, 0.2) is 12.2 Å². The minimum absolute atomic E-state index is 0.832. The third-order valence-corrected chi connectivity index (χ3v) is 3.96. The van der Waals surface area contributed by atoms with E-state index in [1.165, 1.54) is 44.1 Å². The molecule has 0 saturated carbocycles. The predicted molar refractivity (Wildman–Crippen MR) is 75.7 cm³/mol. The molecule has 0 aliphatic heterocycles. The summed E-state index contributed by atoms with van der Waals surface area (Å²) in [6.07, 6.45) is 8.17. The largest absolute Gasteiger partial charge is 0.100 e. The monoisotopic (exact) mass is 224 g/mol. The minimum atomic E-state index is 0.832. The lowest BCUT2D eigenvalue weighted by Crippen LogP contribution is -2.14. The highest BCUT2D eigenvalue weighted by Gasteiger charge is 2.14. The number of hydrogen-bond acceptors (Lipinski definition) is 0. The van der Waals surface area contributed by atoms with Gasteiger partial charge >= 0.3 is 0 Å². The molecule has 0 heteroatoms. The van der Waals surface area contributed by atoms with Gasteiger partial charge in [0.05, 0.1) is 0 Å². The molecule has 96 valence electrons. The van der Waals surface area contributed by atoms with Crippen LogP contribution in [0.1, 0.15) is 73.1 Å². The Balaban J connectivity index is 3.41. The van der Waals surface area contributed by atoms with E-state index in [1.54, 1.807) is 0 Å². The first-order chi connectivity index (χ1) is 7.45. The fraction of sp³-hybridized carbons (Fsp3) is 0.875. The molecule has 0 aromatic carbocycles. The standard InChI is InChI=1S/C16H32/c1-13(2)11-9-7-8-10-12-15(5)16(6)14(3)4/h14-16H,1,7-12H2,2-6H3. The Hall–Kier alpha value is -0.260. The highest BCUT2D eigenvalue weighted by Crippen LogP contribution is 2.25. The van der Waals surface area contributed by atoms with Crippen molar-refractivity contribution in [2.24, 2.45) is 17.8 Å². The summed E-state index contributed by atoms with van der Waals surface area (Å²) in [5.41, 5.74) is 1.33. The minimum Gasteiger partial charge on any atom is -0.100 e. The van der Waals surface area contributed by atoms with Gasteiger partial charge in [0.2, 0.25) is 0 Å². The Morgan fingerprint density at radius 1 is 0.938 bits per heavy atom. The lowest BCUT2D eigenvalue weighted by Gasteiger charge is -2.23. The Morgan fingerprint density at radius 2 is 1.50 bits per heavy atom. The van der Waals surface area contributed by atoms with Gasteiger partial charge in [0.1, 0.15) is 0 Å². The van der Waals surface area contributed by atoms with Gasteiger partial charge in [0, 0.05) is 0 Å². The van der Waals surface area contributed by atoms with Gasteiger partial charge in [0.15, 0.2) is 0 Å². The van der Waals surface area contributed by atoms with E-state index in [4.69, 9.17) is 0 Å². The molecule has 0 heterocycles. The summed E-state index contributed by atoms with van der Waals surface area (Å²) in [6.45, 7) is 15.6. The average Bonchev–Trinajstić information content (AvgIpc) is 2.21. The Kier molecular flexibility index (Phi) is 8.70. The van der Waals surface area contributed by atoms with Crippen molar-refractivity contribution >= 4 is 0 Å². The van der Waals surface area contributed by atoms with Crippen molar-refractivity contribution in [2.45, 2.75) is 73.1 Å². The fourth-order valence-electron chi connectivity index (χ4n) is 2.17. The van der Waals surface area contributed by atoms with Gasteiger partial charge in [-0.05, 0) is 37.5 Å². The summed E-state index contributed by atoms with van der Waals surface area (Å²) in [6, 6.07) is 0. The number of unbranched alkanes of at least 4 members (excludes halogenated alkanes) is 3. The lowest BCUT2D eigenvalue weighted by molar-refractivity contribution is 0.275. The summed E-state index contributed by atoms with van der Waals surface area (Å²) in [5, 5.41) is 0. The second-order valence-electron chi connectivity index (χ2n) is 5.99. The number of allylic oxidation sites excluding steroid dienone is 1. The van der Waals surface area contributed by atoms with Crippen LogP contribution < -0.4 is 0 Å². The van der Waals surface area contributed by atoms with Gasteiger partial charge in [-0.2, -0.15) is 0 Å². The Morgan fingerprint density at radius 3 is 2.00 bits per heavy atom. The van der Waals surface area contributed by atoms with Crippen molar-refractivity contribution in [1.29, 1.82) is 0 Å². The molecule has 0 bridgehead atoms. The van der Waals surface area contributed by atoms with E-state index in [0.29, 0.717) is 0 Å². The molecule has 2 unspecified atom stereocenters. The van der Waals surface area contributed by atoms with Crippen molar-refractivity contribution in [3.63, 3.8) is 0 Å². The number of rotatable bonds is 9. The van der Waals surface area contributed by atoms with E-state index in [2.05, 4.69) is 41.2 Å². The highest BCUT2D eigenvalue weighted by atomic mass is 14.2. The first kappa shape index (κ1) is 15.7. The summed E-state index contributed by atoms with van der Waals surface area (Å²) in [4.78, 5) is 0. The number of hydrogen-bond donors (Lipinski definition) is 0. The highest BCUT2D eigenvalue weighted by molar-refractivity contribution is 4.86. The molecule has 0 saturated heterocycles. The van der Waals surface area contributed by atoms with Crippen LogP contribution in [0, 0.1) is 17.8 Å². The van der Waals surface area contributed by atoms with Crippen LogP contribution in [0.2, 0.25) is 0 Å². The van der Waals surface area contributed by atoms with Crippen molar-refractivity contribution in [2.75, 3.05) is 0 Å². The molecule has 2 atom stereocenters. The van der Waals surface area contributed by atoms with Crippen molar-refractivity contribution < 1.29 is 0 Å². The normalized spacial score (nSPS) is 15.1. The van der Waals surface area contributed by atoms with Crippen LogP contribution in [-0.4, -0.2) is 0 Å². The van der Waals surface area contributed by atoms with Gasteiger partial charge < -0.3 is 0 Å². The second kappa shape index (κ2) is 8.84. The first-order valence-corrected chi connectivity index (χ1v) is 7.09. The van der Waals surface area contributed by atoms with Gasteiger partial charge in [-0.25, -0.2) is 0 Å². The van der Waals surface area contributed by atoms with E-state index in [0.717, 1.165) is 17.8 Å². The van der Waals surface area contributed by atoms with E-state index in [1.807, 2.05) is 0 Å². The van der Waals surface area contributed by atoms with Crippen LogP contribution in [0.5, 0.6) is 0 Å². The van der Waals surface area contributed by atoms with Crippen LogP contribution in [0.25, 0.3) is 0 Å².